The summed E-state index contributed by atoms with van der Waals surface area (Å²) in [5.41, 5.74) is 3.58. The maximum Gasteiger partial charge on any atom is 0.321 e. The molecule has 2 aromatic rings. The van der Waals surface area contributed by atoms with Crippen LogP contribution in [0.1, 0.15) is 18.2 Å². The van der Waals surface area contributed by atoms with Gasteiger partial charge in [-0.15, -0.1) is 0 Å². The van der Waals surface area contributed by atoms with Crippen molar-refractivity contribution in [1.29, 1.82) is 0 Å². The Kier molecular flexibility index (Phi) is 5.06. The summed E-state index contributed by atoms with van der Waals surface area (Å²) in [6.45, 7) is 7.10. The van der Waals surface area contributed by atoms with Gasteiger partial charge in [0.15, 0.2) is 0 Å². The average Bonchev–Trinajstić information content (AvgIpc) is 3.24. The largest absolute Gasteiger partial charge is 0.338 e. The Morgan fingerprint density at radius 2 is 2.19 bits per heavy atom. The maximum atomic E-state index is 12.5. The Balaban J connectivity index is 1.94. The first kappa shape index (κ1) is 17.7. The van der Waals surface area contributed by atoms with Crippen LogP contribution in [0.15, 0.2) is 43.1 Å². The predicted molar refractivity (Wildman–Crippen MR) is 101 cm³/mol. The number of hydrogen-bond acceptors (Lipinski definition) is 3. The zero-order valence-corrected chi connectivity index (χ0v) is 15.1. The van der Waals surface area contributed by atoms with E-state index in [1.165, 1.54) is 6.08 Å². The Morgan fingerprint density at radius 1 is 1.38 bits per heavy atom. The van der Waals surface area contributed by atoms with Crippen molar-refractivity contribution in [3.63, 3.8) is 0 Å². The fraction of sp³-hybridized carbons (Fsp3) is 0.316. The molecule has 0 radical (unpaired) electrons. The number of anilines is 2. The van der Waals surface area contributed by atoms with Crippen LogP contribution in [-0.2, 0) is 24.8 Å². The monoisotopic (exact) mass is 353 g/mol. The fourth-order valence-electron chi connectivity index (χ4n) is 3.12. The zero-order chi connectivity index (χ0) is 18.7. The quantitative estimate of drug-likeness (QED) is 0.838. The van der Waals surface area contributed by atoms with Gasteiger partial charge in [0.1, 0.15) is 0 Å². The highest BCUT2D eigenvalue weighted by Crippen LogP contribution is 2.33. The minimum absolute atomic E-state index is 0.114. The molecule has 7 heteroatoms. The van der Waals surface area contributed by atoms with Crippen LogP contribution < -0.4 is 15.1 Å². The highest BCUT2D eigenvalue weighted by Gasteiger charge is 2.26. The molecular weight excluding hydrogens is 330 g/mol. The number of amides is 3. The van der Waals surface area contributed by atoms with E-state index in [1.54, 1.807) is 20.7 Å². The van der Waals surface area contributed by atoms with Crippen LogP contribution in [-0.4, -0.2) is 34.8 Å². The van der Waals surface area contributed by atoms with E-state index in [9.17, 15) is 9.59 Å². The highest BCUT2D eigenvalue weighted by atomic mass is 16.2. The van der Waals surface area contributed by atoms with Crippen molar-refractivity contribution >= 4 is 23.3 Å². The van der Waals surface area contributed by atoms with Gasteiger partial charge >= 0.3 is 6.03 Å². The molecule has 26 heavy (non-hydrogen) atoms. The topological polar surface area (TPSA) is 70.5 Å². The molecule has 1 N–H and O–H groups in total. The summed E-state index contributed by atoms with van der Waals surface area (Å²) in [5.74, 6) is -0.200. The minimum Gasteiger partial charge on any atom is -0.338 e. The van der Waals surface area contributed by atoms with E-state index in [4.69, 9.17) is 0 Å². The standard InChI is InChI=1S/C19H23N5O2/c1-4-18(25)24(13-16-8-10-21-22(16)3)15-7-6-14-9-11-23(17(14)12-15)19(26)20-5-2/h4,6-8,10,12H,1,5,9,11,13H2,2-3H3,(H,20,26). The summed E-state index contributed by atoms with van der Waals surface area (Å²) >= 11 is 0. The summed E-state index contributed by atoms with van der Waals surface area (Å²) in [6, 6.07) is 7.55. The number of aromatic nitrogens is 2. The molecule has 0 spiro atoms. The molecule has 0 bridgehead atoms. The first-order chi connectivity index (χ1) is 12.5. The molecule has 3 amide bonds. The first-order valence-corrected chi connectivity index (χ1v) is 8.64. The molecule has 0 atom stereocenters. The lowest BCUT2D eigenvalue weighted by molar-refractivity contribution is -0.114. The zero-order valence-electron chi connectivity index (χ0n) is 15.1. The number of benzene rings is 1. The number of urea groups is 1. The lowest BCUT2D eigenvalue weighted by Gasteiger charge is -2.24. The van der Waals surface area contributed by atoms with Gasteiger partial charge < -0.3 is 10.2 Å². The minimum atomic E-state index is -0.200. The number of rotatable bonds is 5. The molecule has 2 heterocycles. The molecule has 0 aliphatic carbocycles. The third-order valence-electron chi connectivity index (χ3n) is 4.53. The molecule has 7 nitrogen and oxygen atoms in total. The number of nitrogens with zero attached hydrogens (tertiary/aromatic N) is 4. The molecule has 3 rings (SSSR count). The summed E-state index contributed by atoms with van der Waals surface area (Å²) in [7, 11) is 1.84. The molecule has 1 aromatic heterocycles. The molecule has 0 unspecified atom stereocenters. The van der Waals surface area contributed by atoms with Gasteiger partial charge in [-0.2, -0.15) is 5.10 Å². The summed E-state index contributed by atoms with van der Waals surface area (Å²) in [6.07, 6.45) is 3.81. The van der Waals surface area contributed by atoms with Gasteiger partial charge in [0.25, 0.3) is 5.91 Å². The average molecular weight is 353 g/mol. The van der Waals surface area contributed by atoms with Gasteiger partial charge in [0.2, 0.25) is 0 Å². The third kappa shape index (κ3) is 3.33. The van der Waals surface area contributed by atoms with Crippen molar-refractivity contribution in [3.05, 3.63) is 54.4 Å². The van der Waals surface area contributed by atoms with Crippen molar-refractivity contribution in [3.8, 4) is 0 Å². The summed E-state index contributed by atoms with van der Waals surface area (Å²) in [4.78, 5) is 28.1. The Bertz CT molecular complexity index is 842. The Morgan fingerprint density at radius 3 is 2.85 bits per heavy atom. The van der Waals surface area contributed by atoms with Crippen LogP contribution in [0, 0.1) is 0 Å². The Labute approximate surface area is 152 Å². The number of aryl methyl sites for hydroxylation is 1. The van der Waals surface area contributed by atoms with Gasteiger partial charge in [0, 0.05) is 32.0 Å². The molecule has 0 saturated carbocycles. The van der Waals surface area contributed by atoms with Crippen LogP contribution in [0.4, 0.5) is 16.2 Å². The van der Waals surface area contributed by atoms with E-state index in [1.807, 2.05) is 38.2 Å². The second kappa shape index (κ2) is 7.43. The summed E-state index contributed by atoms with van der Waals surface area (Å²) < 4.78 is 1.73. The fourth-order valence-corrected chi connectivity index (χ4v) is 3.12. The van der Waals surface area contributed by atoms with E-state index in [0.717, 1.165) is 29.1 Å². The van der Waals surface area contributed by atoms with Gasteiger partial charge in [-0.1, -0.05) is 12.6 Å². The number of hydrogen-bond donors (Lipinski definition) is 1. The predicted octanol–water partition coefficient (Wildman–Crippen LogP) is 2.23. The van der Waals surface area contributed by atoms with Crippen LogP contribution in [0.3, 0.4) is 0 Å². The van der Waals surface area contributed by atoms with E-state index in [2.05, 4.69) is 17.0 Å². The smallest absolute Gasteiger partial charge is 0.321 e. The molecular formula is C19H23N5O2. The van der Waals surface area contributed by atoms with Crippen molar-refractivity contribution in [2.45, 2.75) is 19.9 Å². The number of carbonyl (C=O) groups excluding carboxylic acids is 2. The molecule has 1 aliphatic rings. The van der Waals surface area contributed by atoms with E-state index < -0.39 is 0 Å². The molecule has 1 aliphatic heterocycles. The van der Waals surface area contributed by atoms with Gasteiger partial charge in [-0.3, -0.25) is 14.4 Å². The third-order valence-corrected chi connectivity index (χ3v) is 4.53. The van der Waals surface area contributed by atoms with E-state index >= 15 is 0 Å². The molecule has 136 valence electrons. The van der Waals surface area contributed by atoms with Crippen molar-refractivity contribution in [2.75, 3.05) is 22.9 Å². The van der Waals surface area contributed by atoms with Crippen LogP contribution in [0.5, 0.6) is 0 Å². The molecule has 1 aromatic carbocycles. The first-order valence-electron chi connectivity index (χ1n) is 8.64. The lowest BCUT2D eigenvalue weighted by atomic mass is 10.1. The number of carbonyl (C=O) groups is 2. The van der Waals surface area contributed by atoms with Gasteiger partial charge in [0.05, 0.1) is 17.9 Å². The highest BCUT2D eigenvalue weighted by molar-refractivity contribution is 6.02. The van der Waals surface area contributed by atoms with Gasteiger partial charge in [-0.05, 0) is 43.2 Å². The molecule has 0 saturated heterocycles. The van der Waals surface area contributed by atoms with Crippen molar-refractivity contribution in [1.82, 2.24) is 15.1 Å². The van der Waals surface area contributed by atoms with Crippen molar-refractivity contribution in [2.24, 2.45) is 7.05 Å². The van der Waals surface area contributed by atoms with Crippen LogP contribution in [0.25, 0.3) is 0 Å². The van der Waals surface area contributed by atoms with Crippen LogP contribution >= 0.6 is 0 Å². The maximum absolute atomic E-state index is 12.5. The van der Waals surface area contributed by atoms with E-state index in [0.29, 0.717) is 19.6 Å². The SMILES string of the molecule is C=CC(=O)N(Cc1ccnn1C)c1ccc2c(c1)N(C(=O)NCC)CC2. The van der Waals surface area contributed by atoms with Crippen molar-refractivity contribution < 1.29 is 9.59 Å². The second-order valence-corrected chi connectivity index (χ2v) is 6.12. The van der Waals surface area contributed by atoms with Gasteiger partial charge in [-0.25, -0.2) is 4.79 Å². The summed E-state index contributed by atoms with van der Waals surface area (Å²) in [5, 5.41) is 6.99. The van der Waals surface area contributed by atoms with E-state index in [-0.39, 0.29) is 11.9 Å². The lowest BCUT2D eigenvalue weighted by Crippen LogP contribution is -2.38. The molecule has 0 fully saturated rings. The normalized spacial score (nSPS) is 12.6. The van der Waals surface area contributed by atoms with Crippen LogP contribution in [0.2, 0.25) is 0 Å². The number of nitrogens with one attached hydrogen (secondary N) is 1. The second-order valence-electron chi connectivity index (χ2n) is 6.12. The Hall–Kier alpha value is -3.09. The number of fused-ring (bicyclic) bond motifs is 1.